The number of halogens is 1. The van der Waals surface area contributed by atoms with Crippen molar-refractivity contribution in [3.8, 4) is 0 Å². The number of hydrogen-bond acceptors (Lipinski definition) is 5. The summed E-state index contributed by atoms with van der Waals surface area (Å²) in [6.07, 6.45) is 5.74. The highest BCUT2D eigenvalue weighted by Gasteiger charge is 2.15. The van der Waals surface area contributed by atoms with E-state index in [0.717, 1.165) is 0 Å². The molecule has 112 valence electrons. The van der Waals surface area contributed by atoms with Crippen LogP contribution in [0.25, 0.3) is 6.08 Å². The van der Waals surface area contributed by atoms with Gasteiger partial charge < -0.3 is 9.72 Å². The number of rotatable bonds is 3. The number of ether oxygens (including phenoxy) is 1. The number of aromatic amines is 1. The van der Waals surface area contributed by atoms with Gasteiger partial charge in [0.2, 0.25) is 0 Å². The molecule has 0 aromatic carbocycles. The van der Waals surface area contributed by atoms with Crippen molar-refractivity contribution in [3.63, 3.8) is 0 Å². The van der Waals surface area contributed by atoms with Gasteiger partial charge in [0.15, 0.2) is 5.82 Å². The second-order valence-corrected chi connectivity index (χ2v) is 5.09. The zero-order chi connectivity index (χ0) is 15.5. The first-order valence-electron chi connectivity index (χ1n) is 6.66. The lowest BCUT2D eigenvalue weighted by Gasteiger charge is -2.06. The molecule has 1 aliphatic rings. The maximum atomic E-state index is 12.1. The van der Waals surface area contributed by atoms with E-state index in [2.05, 4.69) is 19.9 Å². The Balaban J connectivity index is 2.15. The van der Waals surface area contributed by atoms with Crippen molar-refractivity contribution in [1.82, 2.24) is 15.0 Å². The van der Waals surface area contributed by atoms with E-state index in [1.54, 1.807) is 24.4 Å². The zero-order valence-electron chi connectivity index (χ0n) is 11.8. The van der Waals surface area contributed by atoms with Crippen LogP contribution in [0.1, 0.15) is 23.5 Å². The molecule has 0 fully saturated rings. The van der Waals surface area contributed by atoms with E-state index >= 15 is 0 Å². The van der Waals surface area contributed by atoms with Gasteiger partial charge in [-0.3, -0.25) is 9.78 Å². The number of nitrogens with one attached hydrogen (secondary N) is 1. The third kappa shape index (κ3) is 2.84. The molecule has 2 aromatic rings. The van der Waals surface area contributed by atoms with Crippen LogP contribution in [0.3, 0.4) is 0 Å². The topological polar surface area (TPSA) is 80.2 Å². The Morgan fingerprint density at radius 3 is 3.09 bits per heavy atom. The van der Waals surface area contributed by atoms with E-state index in [0.29, 0.717) is 40.1 Å². The number of nitrogens with zero attached hydrogens (tertiary/aromatic N) is 3. The van der Waals surface area contributed by atoms with Crippen LogP contribution in [0.5, 0.6) is 0 Å². The van der Waals surface area contributed by atoms with Crippen molar-refractivity contribution < 1.29 is 4.74 Å². The fourth-order valence-electron chi connectivity index (χ4n) is 2.17. The van der Waals surface area contributed by atoms with Crippen molar-refractivity contribution in [2.75, 3.05) is 7.11 Å². The highest BCUT2D eigenvalue weighted by Crippen LogP contribution is 2.23. The summed E-state index contributed by atoms with van der Waals surface area (Å²) < 4.78 is 5.00. The number of hydrogen-bond donors (Lipinski definition) is 1. The number of methoxy groups -OCH3 is 1. The fraction of sp³-hybridized carbons (Fsp3) is 0.200. The van der Waals surface area contributed by atoms with E-state index in [9.17, 15) is 4.79 Å². The van der Waals surface area contributed by atoms with Gasteiger partial charge in [0.25, 0.3) is 5.56 Å². The standard InChI is InChI=1S/C15H13ClN4O2/c1-22-8-12-19-14-9(15(21)20-12)4-2-6-11(18-14)13-10(16)5-3-7-17-13/h2-5,7H,6,8H2,1H3,(H,19,20,21). The van der Waals surface area contributed by atoms with Crippen molar-refractivity contribution in [1.29, 1.82) is 0 Å². The average molecular weight is 317 g/mol. The summed E-state index contributed by atoms with van der Waals surface area (Å²) >= 11 is 6.17. The lowest BCUT2D eigenvalue weighted by atomic mass is 10.1. The molecule has 22 heavy (non-hydrogen) atoms. The summed E-state index contributed by atoms with van der Waals surface area (Å²) in [5.74, 6) is 0.776. The first-order valence-corrected chi connectivity index (χ1v) is 7.04. The van der Waals surface area contributed by atoms with Gasteiger partial charge in [-0.05, 0) is 18.2 Å². The fourth-order valence-corrected chi connectivity index (χ4v) is 2.40. The van der Waals surface area contributed by atoms with Gasteiger partial charge in [-0.1, -0.05) is 17.7 Å². The molecule has 3 heterocycles. The molecule has 2 aromatic heterocycles. The van der Waals surface area contributed by atoms with Crippen LogP contribution in [-0.4, -0.2) is 27.8 Å². The predicted octanol–water partition coefficient (Wildman–Crippen LogP) is 2.50. The molecule has 1 aliphatic heterocycles. The molecule has 1 N–H and O–H groups in total. The average Bonchev–Trinajstić information content (AvgIpc) is 2.71. The summed E-state index contributed by atoms with van der Waals surface area (Å²) in [6, 6.07) is 3.51. The minimum absolute atomic E-state index is 0.210. The Hall–Kier alpha value is -2.31. The Morgan fingerprint density at radius 1 is 1.45 bits per heavy atom. The van der Waals surface area contributed by atoms with Crippen LogP contribution >= 0.6 is 11.6 Å². The van der Waals surface area contributed by atoms with E-state index in [1.807, 2.05) is 6.08 Å². The largest absolute Gasteiger partial charge is 0.377 e. The van der Waals surface area contributed by atoms with E-state index in [1.165, 1.54) is 7.11 Å². The van der Waals surface area contributed by atoms with E-state index in [-0.39, 0.29) is 12.2 Å². The quantitative estimate of drug-likeness (QED) is 0.943. The zero-order valence-corrected chi connectivity index (χ0v) is 12.6. The van der Waals surface area contributed by atoms with Crippen LogP contribution < -0.4 is 5.56 Å². The van der Waals surface area contributed by atoms with Gasteiger partial charge in [-0.2, -0.15) is 0 Å². The van der Waals surface area contributed by atoms with E-state index < -0.39 is 0 Å². The minimum Gasteiger partial charge on any atom is -0.377 e. The SMILES string of the molecule is COCc1nc2c(c(=O)[nH]1)C=CCC(c1ncccc1Cl)=N2. The number of allylic oxidation sites excluding steroid dienone is 1. The van der Waals surface area contributed by atoms with Gasteiger partial charge in [0, 0.05) is 19.7 Å². The molecule has 0 atom stereocenters. The van der Waals surface area contributed by atoms with Crippen LogP contribution in [0.15, 0.2) is 34.2 Å². The molecule has 0 amide bonds. The van der Waals surface area contributed by atoms with Gasteiger partial charge in [-0.15, -0.1) is 0 Å². The van der Waals surface area contributed by atoms with Crippen LogP contribution in [0, 0.1) is 0 Å². The molecular weight excluding hydrogens is 304 g/mol. The molecule has 0 aliphatic carbocycles. The van der Waals surface area contributed by atoms with Crippen molar-refractivity contribution in [3.05, 3.63) is 56.9 Å². The monoisotopic (exact) mass is 316 g/mol. The number of aromatic nitrogens is 3. The number of H-pyrrole nitrogens is 1. The molecule has 6 nitrogen and oxygen atoms in total. The maximum Gasteiger partial charge on any atom is 0.260 e. The predicted molar refractivity (Wildman–Crippen MR) is 84.7 cm³/mol. The van der Waals surface area contributed by atoms with Crippen LogP contribution in [-0.2, 0) is 11.3 Å². The van der Waals surface area contributed by atoms with E-state index in [4.69, 9.17) is 16.3 Å². The number of pyridine rings is 1. The second-order valence-electron chi connectivity index (χ2n) is 4.68. The summed E-state index contributed by atoms with van der Waals surface area (Å²) in [6.45, 7) is 0.210. The maximum absolute atomic E-state index is 12.1. The molecule has 0 bridgehead atoms. The summed E-state index contributed by atoms with van der Waals surface area (Å²) in [5, 5.41) is 0.514. The number of fused-ring (bicyclic) bond motifs is 1. The minimum atomic E-state index is -0.245. The molecule has 7 heteroatoms. The Labute approximate surface area is 131 Å². The third-order valence-corrected chi connectivity index (χ3v) is 3.44. The summed E-state index contributed by atoms with van der Waals surface area (Å²) in [7, 11) is 1.54. The normalized spacial score (nSPS) is 13.5. The molecule has 0 spiro atoms. The van der Waals surface area contributed by atoms with Crippen molar-refractivity contribution in [2.24, 2.45) is 4.99 Å². The molecule has 0 radical (unpaired) electrons. The van der Waals surface area contributed by atoms with Gasteiger partial charge >= 0.3 is 0 Å². The van der Waals surface area contributed by atoms with Gasteiger partial charge in [0.05, 0.1) is 16.3 Å². The summed E-state index contributed by atoms with van der Waals surface area (Å²) in [5.41, 5.74) is 1.44. The van der Waals surface area contributed by atoms with Gasteiger partial charge in [0.1, 0.15) is 18.1 Å². The van der Waals surface area contributed by atoms with Crippen LogP contribution in [0.4, 0.5) is 5.82 Å². The Kier molecular flexibility index (Phi) is 4.13. The first kappa shape index (κ1) is 14.6. The summed E-state index contributed by atoms with van der Waals surface area (Å²) in [4.78, 5) is 27.9. The molecule has 3 rings (SSSR count). The highest BCUT2D eigenvalue weighted by atomic mass is 35.5. The lowest BCUT2D eigenvalue weighted by Crippen LogP contribution is -2.15. The highest BCUT2D eigenvalue weighted by molar-refractivity contribution is 6.34. The van der Waals surface area contributed by atoms with Crippen LogP contribution in [0.2, 0.25) is 5.02 Å². The first-order chi connectivity index (χ1) is 10.7. The molecule has 0 saturated heterocycles. The second kappa shape index (κ2) is 6.21. The van der Waals surface area contributed by atoms with Gasteiger partial charge in [-0.25, -0.2) is 9.98 Å². The third-order valence-electron chi connectivity index (χ3n) is 3.13. The Bertz CT molecular complexity index is 827. The smallest absolute Gasteiger partial charge is 0.260 e. The molecular formula is C15H13ClN4O2. The Morgan fingerprint density at radius 2 is 2.32 bits per heavy atom. The number of aliphatic imine (C=N–C) groups is 1. The van der Waals surface area contributed by atoms with Crippen molar-refractivity contribution in [2.45, 2.75) is 13.0 Å². The molecule has 0 saturated carbocycles. The molecule has 0 unspecified atom stereocenters. The lowest BCUT2D eigenvalue weighted by molar-refractivity contribution is 0.177. The van der Waals surface area contributed by atoms with Crippen molar-refractivity contribution >= 4 is 29.2 Å².